The van der Waals surface area contributed by atoms with Crippen LogP contribution in [-0.4, -0.2) is 16.0 Å². The molecule has 0 aliphatic carbocycles. The smallest absolute Gasteiger partial charge is 0.245 e. The van der Waals surface area contributed by atoms with Crippen LogP contribution in [0.15, 0.2) is 97.1 Å². The second-order valence-corrected chi connectivity index (χ2v) is 17.6. The van der Waals surface area contributed by atoms with E-state index in [1.807, 2.05) is 77.9 Å². The van der Waals surface area contributed by atoms with E-state index in [9.17, 15) is 10.2 Å². The van der Waals surface area contributed by atoms with Crippen LogP contribution < -0.4 is 19.7 Å². The summed E-state index contributed by atoms with van der Waals surface area (Å²) in [5.74, 6) is 2.33. The Hall–Kier alpha value is -5.43. The summed E-state index contributed by atoms with van der Waals surface area (Å²) in [6.45, 7) is 27.2. The maximum Gasteiger partial charge on any atom is 0.245 e. The molecule has 0 aromatic heterocycles. The van der Waals surface area contributed by atoms with Crippen molar-refractivity contribution in [2.45, 2.75) is 121 Å². The lowest BCUT2D eigenvalue weighted by Gasteiger charge is -2.31. The molecule has 7 heteroatoms. The Kier molecular flexibility index (Phi) is 15.6. The number of hydrogen-bond acceptors (Lipinski definition) is 6. The lowest BCUT2D eigenvalue weighted by molar-refractivity contribution is -0.0814. The minimum atomic E-state index is -0.788. The van der Waals surface area contributed by atoms with E-state index >= 15 is 0 Å². The topological polar surface area (TPSA) is 74.2 Å². The number of aromatic hydroxyl groups is 2. The molecule has 0 unspecified atom stereocenters. The summed E-state index contributed by atoms with van der Waals surface area (Å²) in [4.78, 5) is 2.42. The van der Waals surface area contributed by atoms with Crippen molar-refractivity contribution in [3.63, 3.8) is 0 Å². The van der Waals surface area contributed by atoms with Gasteiger partial charge in [0.1, 0.15) is 17.2 Å². The number of fused-ring (bicyclic) bond motifs is 2. The number of halogens is 1. The second kappa shape index (κ2) is 20.4. The van der Waals surface area contributed by atoms with Crippen molar-refractivity contribution in [1.29, 1.82) is 0 Å². The van der Waals surface area contributed by atoms with E-state index < -0.39 is 5.79 Å². The normalized spacial score (nSPS) is 12.8. The fourth-order valence-corrected chi connectivity index (χ4v) is 8.02. The zero-order chi connectivity index (χ0) is 44.6. The van der Waals surface area contributed by atoms with Crippen LogP contribution in [0.3, 0.4) is 0 Å². The van der Waals surface area contributed by atoms with E-state index in [1.165, 1.54) is 38.9 Å². The molecule has 0 fully saturated rings. The van der Waals surface area contributed by atoms with Crippen LogP contribution in [0.25, 0.3) is 0 Å². The Balaban J connectivity index is 0.000000201. The third kappa shape index (κ3) is 12.8. The summed E-state index contributed by atoms with van der Waals surface area (Å²) in [7, 11) is 0. The van der Waals surface area contributed by atoms with E-state index in [0.717, 1.165) is 74.8 Å². The Bertz CT molecular complexity index is 2380. The van der Waals surface area contributed by atoms with E-state index in [1.54, 1.807) is 0 Å². The zero-order valence-corrected chi connectivity index (χ0v) is 39.1. The molecule has 0 saturated heterocycles. The van der Waals surface area contributed by atoms with Gasteiger partial charge in [-0.3, -0.25) is 0 Å². The average Bonchev–Trinajstić information content (AvgIpc) is 3.23. The molecule has 6 aromatic carbocycles. The largest absolute Gasteiger partial charge is 0.507 e. The fourth-order valence-electron chi connectivity index (χ4n) is 7.84. The van der Waals surface area contributed by atoms with Crippen LogP contribution in [-0.2, 0) is 32.1 Å². The molecule has 1 aliphatic heterocycles. The van der Waals surface area contributed by atoms with Crippen LogP contribution >= 0.6 is 11.6 Å². The molecular formula is C54H65ClN2O4. The monoisotopic (exact) mass is 840 g/mol. The molecule has 0 bridgehead atoms. The molecule has 61 heavy (non-hydrogen) atoms. The highest BCUT2D eigenvalue weighted by Gasteiger charge is 2.30. The number of ether oxygens (including phenoxy) is 2. The zero-order valence-electron chi connectivity index (χ0n) is 38.3. The van der Waals surface area contributed by atoms with Crippen LogP contribution in [0.1, 0.15) is 97.3 Å². The molecule has 1 heterocycles. The first-order valence-electron chi connectivity index (χ1n) is 21.1. The number of benzene rings is 6. The summed E-state index contributed by atoms with van der Waals surface area (Å²) in [5, 5.41) is 23.4. The van der Waals surface area contributed by atoms with Crippen molar-refractivity contribution >= 4 is 17.3 Å². The summed E-state index contributed by atoms with van der Waals surface area (Å²) < 4.78 is 13.1. The maximum atomic E-state index is 10.1. The number of alkyl halides is 1. The molecule has 7 rings (SSSR count). The van der Waals surface area contributed by atoms with Gasteiger partial charge in [-0.2, -0.15) is 0 Å². The van der Waals surface area contributed by atoms with Gasteiger partial charge < -0.3 is 29.9 Å². The maximum absolute atomic E-state index is 10.1. The first-order valence-corrected chi connectivity index (χ1v) is 21.7. The fraction of sp³-hybridized carbons (Fsp3) is 0.333. The highest BCUT2D eigenvalue weighted by Crippen LogP contribution is 2.41. The molecule has 3 N–H and O–H groups in total. The Morgan fingerprint density at radius 2 is 0.967 bits per heavy atom. The Labute approximate surface area is 370 Å². The van der Waals surface area contributed by atoms with Gasteiger partial charge >= 0.3 is 0 Å². The summed E-state index contributed by atoms with van der Waals surface area (Å²) in [5.41, 5.74) is 17.9. The van der Waals surface area contributed by atoms with E-state index in [-0.39, 0.29) is 0 Å². The Morgan fingerprint density at radius 3 is 1.48 bits per heavy atom. The second-order valence-electron chi connectivity index (χ2n) is 17.3. The predicted octanol–water partition coefficient (Wildman–Crippen LogP) is 13.3. The van der Waals surface area contributed by atoms with Crippen molar-refractivity contribution in [3.05, 3.63) is 181 Å². The molecule has 0 spiro atoms. The molecule has 322 valence electrons. The van der Waals surface area contributed by atoms with E-state index in [2.05, 4.69) is 112 Å². The molecule has 0 atom stereocenters. The summed E-state index contributed by atoms with van der Waals surface area (Å²) in [6.07, 6.45) is 0. The van der Waals surface area contributed by atoms with Gasteiger partial charge in [-0.1, -0.05) is 119 Å². The molecule has 0 amide bonds. The lowest BCUT2D eigenvalue weighted by atomic mass is 10.0. The Morgan fingerprint density at radius 1 is 0.541 bits per heavy atom. The molecule has 0 radical (unpaired) electrons. The van der Waals surface area contributed by atoms with Gasteiger partial charge in [-0.25, -0.2) is 0 Å². The van der Waals surface area contributed by atoms with Crippen LogP contribution in [0.4, 0.5) is 5.69 Å². The van der Waals surface area contributed by atoms with Gasteiger partial charge in [0.25, 0.3) is 0 Å². The highest BCUT2D eigenvalue weighted by atomic mass is 35.5. The quantitative estimate of drug-likeness (QED) is 0.139. The molecule has 0 saturated carbocycles. The van der Waals surface area contributed by atoms with Gasteiger partial charge in [0.2, 0.25) is 5.79 Å². The third-order valence-corrected chi connectivity index (χ3v) is 11.0. The predicted molar refractivity (Wildman–Crippen MR) is 255 cm³/mol. The van der Waals surface area contributed by atoms with Gasteiger partial charge in [0.15, 0.2) is 5.75 Å². The van der Waals surface area contributed by atoms with Crippen molar-refractivity contribution < 1.29 is 19.7 Å². The number of hydrogen-bond donors (Lipinski definition) is 3. The number of nitrogens with one attached hydrogen (secondary N) is 1. The van der Waals surface area contributed by atoms with Crippen molar-refractivity contribution in [3.8, 4) is 23.0 Å². The standard InChI is InChI=1S/C28H33NO2.C18H23NO2.C8H9Cl/c1-18-8-10-23(11-9-18)16-29-17-24-14-19(2)12-21(4)26(24)30-28(6,7)31-27-22(5)13-20(3)15-25(27)29;1-11-5-13(3)17(20)15(7-11)9-19-10-16-8-12(2)6-14(4)18(16)21;1-7-2-4-8(6-9)5-3-7/h8-15H,16-17H2,1-7H3;5-8,19-21H,9-10H2,1-4H3;2-5H,6H2,1H3. The summed E-state index contributed by atoms with van der Waals surface area (Å²) >= 11 is 5.58. The van der Waals surface area contributed by atoms with Gasteiger partial charge in [-0.15, -0.1) is 11.6 Å². The number of rotatable bonds is 7. The molecular weight excluding hydrogens is 776 g/mol. The summed E-state index contributed by atoms with van der Waals surface area (Å²) in [6, 6.07) is 33.8. The van der Waals surface area contributed by atoms with Crippen LogP contribution in [0.2, 0.25) is 0 Å². The lowest BCUT2D eigenvalue weighted by Crippen LogP contribution is -2.36. The first kappa shape index (κ1) is 46.6. The van der Waals surface area contributed by atoms with E-state index in [4.69, 9.17) is 21.1 Å². The molecule has 1 aliphatic rings. The van der Waals surface area contributed by atoms with Crippen molar-refractivity contribution in [2.24, 2.45) is 0 Å². The van der Waals surface area contributed by atoms with Crippen molar-refractivity contribution in [1.82, 2.24) is 5.32 Å². The molecule has 6 aromatic rings. The minimum absolute atomic E-state index is 0.345. The average molecular weight is 842 g/mol. The number of nitrogens with zero attached hydrogens (tertiary/aromatic N) is 1. The SMILES string of the molecule is Cc1cc(C)c(O)c(CNCc2cc(C)cc(C)c2O)c1.Cc1ccc(CCl)cc1.Cc1ccc(CN2Cc3cc(C)cc(C)c3OC(C)(C)Oc3c(C)cc(C)cc32)cc1. The number of aryl methyl sites for hydroxylation is 10. The minimum Gasteiger partial charge on any atom is -0.507 e. The number of phenolic OH excluding ortho intramolecular Hbond substituents is 2. The molecule has 6 nitrogen and oxygen atoms in total. The van der Waals surface area contributed by atoms with Gasteiger partial charge in [0, 0.05) is 62.6 Å². The van der Waals surface area contributed by atoms with Gasteiger partial charge in [0.05, 0.1) is 5.69 Å². The number of anilines is 1. The van der Waals surface area contributed by atoms with E-state index in [0.29, 0.717) is 30.5 Å². The van der Waals surface area contributed by atoms with Gasteiger partial charge in [-0.05, 0) is 114 Å². The van der Waals surface area contributed by atoms with Crippen molar-refractivity contribution in [2.75, 3.05) is 4.90 Å². The third-order valence-electron chi connectivity index (χ3n) is 10.7. The van der Waals surface area contributed by atoms with Crippen LogP contribution in [0.5, 0.6) is 23.0 Å². The highest BCUT2D eigenvalue weighted by molar-refractivity contribution is 6.17. The van der Waals surface area contributed by atoms with Crippen LogP contribution in [0, 0.1) is 69.2 Å². The first-order chi connectivity index (χ1) is 28.8. The number of phenols is 2.